The largest absolute Gasteiger partial charge is 0.512 e. The summed E-state index contributed by atoms with van der Waals surface area (Å²) in [5, 5.41) is 12.2. The van der Waals surface area contributed by atoms with Crippen molar-refractivity contribution in [2.75, 3.05) is 0 Å². The zero-order valence-electron chi connectivity index (χ0n) is 14.7. The van der Waals surface area contributed by atoms with Crippen molar-refractivity contribution < 1.29 is 9.90 Å². The van der Waals surface area contributed by atoms with Crippen LogP contribution >= 0.6 is 0 Å². The summed E-state index contributed by atoms with van der Waals surface area (Å²) >= 11 is 0. The molecule has 0 fully saturated rings. The van der Waals surface area contributed by atoms with Gasteiger partial charge in [0, 0.05) is 16.5 Å². The first kappa shape index (κ1) is 16.2. The molecule has 1 aromatic heterocycles. The monoisotopic (exact) mass is 341 g/mol. The summed E-state index contributed by atoms with van der Waals surface area (Å²) in [4.78, 5) is 11.8. The average Bonchev–Trinajstić information content (AvgIpc) is 2.96. The van der Waals surface area contributed by atoms with Crippen molar-refractivity contribution in [2.24, 2.45) is 0 Å². The fraction of sp³-hybridized carbons (Fsp3) is 0.0870. The summed E-state index contributed by atoms with van der Waals surface area (Å²) < 4.78 is 2.22. The van der Waals surface area contributed by atoms with Gasteiger partial charge in [-0.15, -0.1) is 0 Å². The van der Waals surface area contributed by atoms with E-state index in [4.69, 9.17) is 0 Å². The Morgan fingerprint density at radius 2 is 1.27 bits per heavy atom. The molecule has 4 aromatic rings. The molecule has 3 heteroatoms. The Morgan fingerprint density at radius 3 is 1.73 bits per heavy atom. The molecule has 0 aliphatic carbocycles. The van der Waals surface area contributed by atoms with Crippen molar-refractivity contribution in [1.82, 2.24) is 4.57 Å². The number of hydrogen-bond donors (Lipinski definition) is 1. The van der Waals surface area contributed by atoms with Gasteiger partial charge in [0.05, 0.1) is 16.6 Å². The number of aliphatic hydroxyl groups excluding tert-OH is 1. The number of hydrogen-bond acceptors (Lipinski definition) is 2. The number of allylic oxidation sites excluding steroid dienone is 2. The fourth-order valence-electron chi connectivity index (χ4n) is 3.64. The van der Waals surface area contributed by atoms with Crippen LogP contribution in [0.25, 0.3) is 33.1 Å². The number of aliphatic hydroxyl groups is 1. The summed E-state index contributed by atoms with van der Waals surface area (Å²) in [5.41, 5.74) is 4.38. The van der Waals surface area contributed by atoms with E-state index in [9.17, 15) is 9.90 Å². The van der Waals surface area contributed by atoms with E-state index in [1.807, 2.05) is 36.4 Å². The van der Waals surface area contributed by atoms with Crippen LogP contribution in [0.15, 0.2) is 78.6 Å². The normalized spacial score (nSPS) is 12.4. The number of aromatic nitrogens is 1. The maximum atomic E-state index is 11.8. The summed E-state index contributed by atoms with van der Waals surface area (Å²) in [6, 6.07) is 24.4. The Bertz CT molecular complexity index is 1110. The third-order valence-electron chi connectivity index (χ3n) is 4.71. The average molecular weight is 341 g/mol. The topological polar surface area (TPSA) is 42.2 Å². The van der Waals surface area contributed by atoms with Crippen molar-refractivity contribution in [2.45, 2.75) is 13.8 Å². The van der Waals surface area contributed by atoms with Gasteiger partial charge in [0.15, 0.2) is 5.78 Å². The van der Waals surface area contributed by atoms with Gasteiger partial charge in [-0.2, -0.15) is 0 Å². The van der Waals surface area contributed by atoms with Crippen molar-refractivity contribution in [3.63, 3.8) is 0 Å². The number of para-hydroxylation sites is 2. The van der Waals surface area contributed by atoms with Crippen LogP contribution in [0, 0.1) is 0 Å². The first-order chi connectivity index (χ1) is 12.6. The molecule has 128 valence electrons. The molecule has 0 saturated heterocycles. The van der Waals surface area contributed by atoms with Crippen LogP contribution in [-0.4, -0.2) is 15.5 Å². The summed E-state index contributed by atoms with van der Waals surface area (Å²) in [7, 11) is 0. The predicted octanol–water partition coefficient (Wildman–Crippen LogP) is 5.66. The number of ketones is 1. The number of benzene rings is 3. The molecule has 3 aromatic carbocycles. The molecule has 1 N–H and O–H groups in total. The number of nitrogens with zero attached hydrogens (tertiary/aromatic N) is 1. The lowest BCUT2D eigenvalue weighted by Crippen LogP contribution is -2.00. The van der Waals surface area contributed by atoms with Gasteiger partial charge in [0.2, 0.25) is 0 Å². The van der Waals surface area contributed by atoms with Gasteiger partial charge in [0.25, 0.3) is 0 Å². The number of Topliss-reactive ketones (excluding diaryl/α,β-unsaturated/α-hetero) is 1. The van der Waals surface area contributed by atoms with Gasteiger partial charge >= 0.3 is 0 Å². The minimum atomic E-state index is -0.144. The third kappa shape index (κ3) is 2.49. The lowest BCUT2D eigenvalue weighted by Gasteiger charge is -2.10. The van der Waals surface area contributed by atoms with E-state index >= 15 is 0 Å². The second kappa shape index (κ2) is 6.19. The molecule has 0 amide bonds. The SMILES string of the molecule is CC(=O)C(=C(C)O)c1ccc(-n2c3ccccc3c3ccccc32)cc1. The Balaban J connectivity index is 1.94. The Hall–Kier alpha value is -3.33. The summed E-state index contributed by atoms with van der Waals surface area (Å²) in [6.45, 7) is 3.01. The van der Waals surface area contributed by atoms with Crippen LogP contribution in [-0.2, 0) is 4.79 Å². The molecule has 0 spiro atoms. The van der Waals surface area contributed by atoms with Gasteiger partial charge in [-0.3, -0.25) is 4.79 Å². The highest BCUT2D eigenvalue weighted by Crippen LogP contribution is 2.32. The quantitative estimate of drug-likeness (QED) is 0.386. The zero-order valence-corrected chi connectivity index (χ0v) is 14.7. The maximum Gasteiger partial charge on any atom is 0.163 e. The summed E-state index contributed by atoms with van der Waals surface area (Å²) in [6.07, 6.45) is 0. The molecule has 26 heavy (non-hydrogen) atoms. The van der Waals surface area contributed by atoms with Crippen molar-refractivity contribution in [3.05, 3.63) is 84.1 Å². The number of carbonyl (C=O) groups is 1. The molecular formula is C23H19NO2. The second-order valence-corrected chi connectivity index (χ2v) is 6.43. The summed E-state index contributed by atoms with van der Waals surface area (Å²) in [5.74, 6) is -0.100. The van der Waals surface area contributed by atoms with E-state index < -0.39 is 0 Å². The standard InChI is InChI=1S/C23H19NO2/c1-15(25)23(16(2)26)17-11-13-18(14-12-17)24-21-9-5-3-7-19(21)20-8-4-6-10-22(20)24/h3-14,25H,1-2H3. The van der Waals surface area contributed by atoms with E-state index in [0.29, 0.717) is 5.57 Å². The lowest BCUT2D eigenvalue weighted by atomic mass is 10.0. The van der Waals surface area contributed by atoms with Crippen molar-refractivity contribution in [1.29, 1.82) is 0 Å². The molecule has 4 rings (SSSR count). The van der Waals surface area contributed by atoms with Gasteiger partial charge in [-0.25, -0.2) is 0 Å². The highest BCUT2D eigenvalue weighted by molar-refractivity contribution is 6.20. The number of fused-ring (bicyclic) bond motifs is 3. The molecule has 1 heterocycles. The van der Waals surface area contributed by atoms with Crippen LogP contribution < -0.4 is 0 Å². The first-order valence-electron chi connectivity index (χ1n) is 8.57. The van der Waals surface area contributed by atoms with E-state index in [1.165, 1.54) is 24.6 Å². The molecule has 0 unspecified atom stereocenters. The molecular weight excluding hydrogens is 322 g/mol. The first-order valence-corrected chi connectivity index (χ1v) is 8.57. The van der Waals surface area contributed by atoms with Crippen molar-refractivity contribution >= 4 is 33.2 Å². The highest BCUT2D eigenvalue weighted by Gasteiger charge is 2.14. The Labute approximate surface area is 151 Å². The third-order valence-corrected chi connectivity index (χ3v) is 4.71. The molecule has 0 radical (unpaired) electrons. The molecule has 0 aliphatic rings. The van der Waals surface area contributed by atoms with Crippen LogP contribution in [0.1, 0.15) is 19.4 Å². The van der Waals surface area contributed by atoms with E-state index in [2.05, 4.69) is 41.0 Å². The molecule has 0 atom stereocenters. The minimum absolute atomic E-state index is 0.0436. The van der Waals surface area contributed by atoms with Gasteiger partial charge < -0.3 is 9.67 Å². The van der Waals surface area contributed by atoms with Gasteiger partial charge in [0.1, 0.15) is 5.76 Å². The van der Waals surface area contributed by atoms with Crippen LogP contribution in [0.4, 0.5) is 0 Å². The second-order valence-electron chi connectivity index (χ2n) is 6.43. The zero-order chi connectivity index (χ0) is 18.3. The van der Waals surface area contributed by atoms with Crippen LogP contribution in [0.2, 0.25) is 0 Å². The Morgan fingerprint density at radius 1 is 0.769 bits per heavy atom. The van der Waals surface area contributed by atoms with Gasteiger partial charge in [-0.1, -0.05) is 48.5 Å². The van der Waals surface area contributed by atoms with Crippen LogP contribution in [0.3, 0.4) is 0 Å². The number of rotatable bonds is 3. The van der Waals surface area contributed by atoms with E-state index in [0.717, 1.165) is 22.3 Å². The molecule has 0 bridgehead atoms. The maximum absolute atomic E-state index is 11.8. The predicted molar refractivity (Wildman–Crippen MR) is 107 cm³/mol. The Kier molecular flexibility index (Phi) is 3.85. The van der Waals surface area contributed by atoms with E-state index in [-0.39, 0.29) is 11.5 Å². The smallest absolute Gasteiger partial charge is 0.163 e. The molecule has 0 aliphatic heterocycles. The number of carbonyl (C=O) groups excluding carboxylic acids is 1. The van der Waals surface area contributed by atoms with E-state index in [1.54, 1.807) is 0 Å². The highest BCUT2D eigenvalue weighted by atomic mass is 16.3. The minimum Gasteiger partial charge on any atom is -0.512 e. The van der Waals surface area contributed by atoms with Gasteiger partial charge in [-0.05, 0) is 43.7 Å². The van der Waals surface area contributed by atoms with Crippen LogP contribution in [0.5, 0.6) is 0 Å². The molecule has 0 saturated carbocycles. The lowest BCUT2D eigenvalue weighted by molar-refractivity contribution is -0.111. The fourth-order valence-corrected chi connectivity index (χ4v) is 3.64. The van der Waals surface area contributed by atoms with Crippen molar-refractivity contribution in [3.8, 4) is 5.69 Å². The molecule has 3 nitrogen and oxygen atoms in total.